The van der Waals surface area contributed by atoms with Crippen molar-refractivity contribution in [2.45, 2.75) is 60.0 Å². The monoisotopic (exact) mass is 260 g/mol. The molecule has 0 unspecified atom stereocenters. The van der Waals surface area contributed by atoms with Crippen LogP contribution in [0.15, 0.2) is 5.20 Å². The zero-order chi connectivity index (χ0) is 13.9. The first-order chi connectivity index (χ1) is 7.83. The molecule has 0 saturated heterocycles. The number of allylic oxidation sites excluding steroid dienone is 1. The molecule has 0 aliphatic rings. The topological polar surface area (TPSA) is 35.5 Å². The summed E-state index contributed by atoms with van der Waals surface area (Å²) in [5.74, 6) is 2.02. The Hall–Kier alpha value is -0.413. The van der Waals surface area contributed by atoms with Crippen molar-refractivity contribution in [1.29, 1.82) is 0 Å². The Balaban J connectivity index is 0. The molecular weight excluding hydrogens is 232 g/mol. The lowest BCUT2D eigenvalue weighted by atomic mass is 10.5. The highest BCUT2D eigenvalue weighted by Gasteiger charge is 2.18. The Kier molecular flexibility index (Phi) is 11.9. The molecule has 0 atom stereocenters. The molecule has 3 nitrogen and oxygen atoms in total. The van der Waals surface area contributed by atoms with Crippen LogP contribution in [0.25, 0.3) is 0 Å². The lowest BCUT2D eigenvalue weighted by molar-refractivity contribution is -0.123. The summed E-state index contributed by atoms with van der Waals surface area (Å²) in [5, 5.41) is 1.00. The highest BCUT2D eigenvalue weighted by molar-refractivity contribution is 6.84. The van der Waals surface area contributed by atoms with Gasteiger partial charge in [0.2, 0.25) is 0 Å². The second-order valence-electron chi connectivity index (χ2n) is 4.66. The fourth-order valence-corrected chi connectivity index (χ4v) is 2.64. The molecule has 0 heterocycles. The van der Waals surface area contributed by atoms with E-state index in [2.05, 4.69) is 19.6 Å². The fraction of sp³-hybridized carbons (Fsp3) is 0.846. The molecule has 102 valence electrons. The van der Waals surface area contributed by atoms with Crippen LogP contribution in [-0.4, -0.2) is 33.5 Å². The molecule has 0 fully saturated rings. The highest BCUT2D eigenvalue weighted by Crippen LogP contribution is 2.13. The summed E-state index contributed by atoms with van der Waals surface area (Å²) in [7, 11) is -1.29. The number of hydrogen-bond donors (Lipinski definition) is 0. The zero-order valence-corrected chi connectivity index (χ0v) is 13.4. The van der Waals surface area contributed by atoms with Crippen molar-refractivity contribution in [3.63, 3.8) is 0 Å². The van der Waals surface area contributed by atoms with E-state index in [0.29, 0.717) is 0 Å². The van der Waals surface area contributed by atoms with Gasteiger partial charge in [-0.15, -0.1) is 0 Å². The second-order valence-corrected chi connectivity index (χ2v) is 9.77. The van der Waals surface area contributed by atoms with Gasteiger partial charge in [0.25, 0.3) is 0 Å². The standard InChI is InChI=1S/C7H14OSi.C6H14O2/c1-5-7(6-8)9(2,3)4;1-4-7-6(3)8-5-2/h5H2,1-4H3;6H,4-5H2,1-3H3. The summed E-state index contributed by atoms with van der Waals surface area (Å²) in [6, 6.07) is 0. The minimum Gasteiger partial charge on any atom is -0.353 e. The maximum atomic E-state index is 10.3. The van der Waals surface area contributed by atoms with Gasteiger partial charge in [0.1, 0.15) is 5.94 Å². The van der Waals surface area contributed by atoms with Crippen molar-refractivity contribution in [2.75, 3.05) is 13.2 Å². The van der Waals surface area contributed by atoms with Crippen LogP contribution in [0.1, 0.15) is 34.1 Å². The zero-order valence-electron chi connectivity index (χ0n) is 12.4. The summed E-state index contributed by atoms with van der Waals surface area (Å²) < 4.78 is 10.1. The molecule has 0 spiro atoms. The van der Waals surface area contributed by atoms with E-state index in [1.54, 1.807) is 0 Å². The van der Waals surface area contributed by atoms with Crippen LogP contribution in [-0.2, 0) is 14.3 Å². The van der Waals surface area contributed by atoms with Gasteiger partial charge in [0.15, 0.2) is 6.29 Å². The normalized spacial score (nSPS) is 10.6. The molecular formula is C13H28O3Si. The Bertz CT molecular complexity index is 221. The SMILES string of the molecule is CCC(=C=O)[Si](C)(C)C.CCOC(C)OCC. The summed E-state index contributed by atoms with van der Waals surface area (Å²) in [4.78, 5) is 10.3. The molecule has 0 saturated carbocycles. The molecule has 0 rings (SSSR count). The van der Waals surface area contributed by atoms with Crippen LogP contribution in [0.5, 0.6) is 0 Å². The van der Waals surface area contributed by atoms with Gasteiger partial charge in [-0.25, -0.2) is 4.79 Å². The molecule has 0 aliphatic carbocycles. The minimum atomic E-state index is -1.29. The van der Waals surface area contributed by atoms with Gasteiger partial charge in [-0.1, -0.05) is 26.6 Å². The van der Waals surface area contributed by atoms with E-state index in [4.69, 9.17) is 9.47 Å². The maximum absolute atomic E-state index is 10.3. The molecule has 0 bridgehead atoms. The first kappa shape index (κ1) is 18.9. The predicted molar refractivity (Wildman–Crippen MR) is 75.6 cm³/mol. The third kappa shape index (κ3) is 11.8. The number of carbonyl (C=O) groups excluding carboxylic acids is 1. The Morgan fingerprint density at radius 1 is 1.12 bits per heavy atom. The Labute approximate surface area is 107 Å². The van der Waals surface area contributed by atoms with Crippen LogP contribution >= 0.6 is 0 Å². The van der Waals surface area contributed by atoms with Gasteiger partial charge in [-0.2, -0.15) is 0 Å². The molecule has 0 aromatic carbocycles. The van der Waals surface area contributed by atoms with Crippen molar-refractivity contribution < 1.29 is 14.3 Å². The molecule has 0 aromatic rings. The maximum Gasteiger partial charge on any atom is 0.154 e. The molecule has 0 amide bonds. The van der Waals surface area contributed by atoms with Gasteiger partial charge < -0.3 is 9.47 Å². The molecule has 17 heavy (non-hydrogen) atoms. The summed E-state index contributed by atoms with van der Waals surface area (Å²) in [6.45, 7) is 15.8. The van der Waals surface area contributed by atoms with E-state index in [1.807, 2.05) is 33.6 Å². The van der Waals surface area contributed by atoms with Crippen molar-refractivity contribution >= 4 is 14.0 Å². The van der Waals surface area contributed by atoms with Crippen molar-refractivity contribution in [3.05, 3.63) is 5.20 Å². The quantitative estimate of drug-likeness (QED) is 0.417. The van der Waals surface area contributed by atoms with E-state index >= 15 is 0 Å². The van der Waals surface area contributed by atoms with E-state index < -0.39 is 8.07 Å². The number of ether oxygens (including phenoxy) is 2. The van der Waals surface area contributed by atoms with E-state index in [9.17, 15) is 4.79 Å². The number of rotatable bonds is 6. The van der Waals surface area contributed by atoms with Gasteiger partial charge in [0.05, 0.1) is 8.07 Å². The predicted octanol–water partition coefficient (Wildman–Crippen LogP) is 3.44. The van der Waals surface area contributed by atoms with Crippen LogP contribution in [0.3, 0.4) is 0 Å². The van der Waals surface area contributed by atoms with Gasteiger partial charge in [-0.05, 0) is 32.4 Å². The molecule has 0 N–H and O–H groups in total. The second kappa shape index (κ2) is 10.7. The molecule has 0 aliphatic heterocycles. The van der Waals surface area contributed by atoms with Gasteiger partial charge in [0, 0.05) is 13.2 Å². The summed E-state index contributed by atoms with van der Waals surface area (Å²) >= 11 is 0. The Morgan fingerprint density at radius 2 is 1.53 bits per heavy atom. The highest BCUT2D eigenvalue weighted by atomic mass is 28.3. The van der Waals surface area contributed by atoms with Crippen molar-refractivity contribution in [2.24, 2.45) is 0 Å². The Morgan fingerprint density at radius 3 is 1.65 bits per heavy atom. The minimum absolute atomic E-state index is 0.0370. The van der Waals surface area contributed by atoms with Crippen LogP contribution < -0.4 is 0 Å². The number of hydrogen-bond acceptors (Lipinski definition) is 3. The van der Waals surface area contributed by atoms with E-state index in [1.165, 1.54) is 0 Å². The fourth-order valence-electron chi connectivity index (χ4n) is 1.27. The smallest absolute Gasteiger partial charge is 0.154 e. The largest absolute Gasteiger partial charge is 0.353 e. The third-order valence-electron chi connectivity index (χ3n) is 2.18. The van der Waals surface area contributed by atoms with E-state index in [-0.39, 0.29) is 6.29 Å². The van der Waals surface area contributed by atoms with E-state index in [0.717, 1.165) is 24.8 Å². The lowest BCUT2D eigenvalue weighted by Gasteiger charge is -2.14. The third-order valence-corrected chi connectivity index (χ3v) is 4.45. The molecule has 4 heteroatoms. The van der Waals surface area contributed by atoms with Crippen LogP contribution in [0, 0.1) is 0 Å². The van der Waals surface area contributed by atoms with Crippen LogP contribution in [0.4, 0.5) is 0 Å². The average molecular weight is 260 g/mol. The average Bonchev–Trinajstić information content (AvgIpc) is 2.19. The van der Waals surface area contributed by atoms with Crippen molar-refractivity contribution in [1.82, 2.24) is 0 Å². The van der Waals surface area contributed by atoms with Crippen molar-refractivity contribution in [3.8, 4) is 0 Å². The van der Waals surface area contributed by atoms with Gasteiger partial charge >= 0.3 is 0 Å². The first-order valence-electron chi connectivity index (χ1n) is 6.31. The lowest BCUT2D eigenvalue weighted by Crippen LogP contribution is -2.23. The molecule has 0 aromatic heterocycles. The van der Waals surface area contributed by atoms with Gasteiger partial charge in [-0.3, -0.25) is 0 Å². The first-order valence-corrected chi connectivity index (χ1v) is 9.81. The summed E-state index contributed by atoms with van der Waals surface area (Å²) in [6.07, 6.45) is 0.837. The molecule has 0 radical (unpaired) electrons. The van der Waals surface area contributed by atoms with Crippen LogP contribution in [0.2, 0.25) is 19.6 Å². The summed E-state index contributed by atoms with van der Waals surface area (Å²) in [5.41, 5.74) is 0.